The number of aromatic nitrogens is 2. The quantitative estimate of drug-likeness (QED) is 0.808. The van der Waals surface area contributed by atoms with Crippen LogP contribution in [0.25, 0.3) is 0 Å². The van der Waals surface area contributed by atoms with Crippen LogP contribution < -0.4 is 5.73 Å². The van der Waals surface area contributed by atoms with E-state index in [9.17, 15) is 0 Å². The summed E-state index contributed by atoms with van der Waals surface area (Å²) in [5.74, 6) is 1.58. The zero-order valence-corrected chi connectivity index (χ0v) is 10.3. The second-order valence-corrected chi connectivity index (χ2v) is 4.55. The second kappa shape index (κ2) is 4.79. The summed E-state index contributed by atoms with van der Waals surface area (Å²) in [5.41, 5.74) is 6.27. The molecule has 0 aromatic carbocycles. The lowest BCUT2D eigenvalue weighted by molar-refractivity contribution is 0.288. The van der Waals surface area contributed by atoms with Crippen LogP contribution in [0.5, 0.6) is 0 Å². The molecule has 1 aromatic rings. The molecule has 1 heterocycles. The molecule has 1 aromatic heterocycles. The van der Waals surface area contributed by atoms with Crippen LogP contribution in [0, 0.1) is 5.92 Å². The first-order chi connectivity index (χ1) is 7.03. The predicted molar refractivity (Wildman–Crippen MR) is 63.7 cm³/mol. The highest BCUT2D eigenvalue weighted by atomic mass is 15.1. The topological polar surface area (TPSA) is 43.8 Å². The van der Waals surface area contributed by atoms with Crippen molar-refractivity contribution in [2.24, 2.45) is 11.7 Å². The zero-order valence-electron chi connectivity index (χ0n) is 10.3. The molecule has 0 aliphatic rings. The van der Waals surface area contributed by atoms with Gasteiger partial charge in [0.25, 0.3) is 0 Å². The van der Waals surface area contributed by atoms with Gasteiger partial charge in [-0.3, -0.25) is 0 Å². The summed E-state index contributed by atoms with van der Waals surface area (Å²) in [7, 11) is 0. The van der Waals surface area contributed by atoms with Gasteiger partial charge in [-0.25, -0.2) is 4.98 Å². The van der Waals surface area contributed by atoms with Crippen molar-refractivity contribution < 1.29 is 0 Å². The van der Waals surface area contributed by atoms with Crippen molar-refractivity contribution in [2.45, 2.75) is 52.6 Å². The fraction of sp³-hybridized carbons (Fsp3) is 0.750. The summed E-state index contributed by atoms with van der Waals surface area (Å²) < 4.78 is 2.17. The van der Waals surface area contributed by atoms with Crippen molar-refractivity contribution in [1.29, 1.82) is 0 Å². The Morgan fingerprint density at radius 2 is 2.13 bits per heavy atom. The van der Waals surface area contributed by atoms with Crippen molar-refractivity contribution >= 4 is 0 Å². The molecule has 1 atom stereocenters. The summed E-state index contributed by atoms with van der Waals surface area (Å²) in [4.78, 5) is 4.39. The van der Waals surface area contributed by atoms with Crippen molar-refractivity contribution in [3.8, 4) is 0 Å². The Kier molecular flexibility index (Phi) is 3.91. The zero-order chi connectivity index (χ0) is 11.5. The first-order valence-corrected chi connectivity index (χ1v) is 5.82. The van der Waals surface area contributed by atoms with Crippen molar-refractivity contribution in [3.05, 3.63) is 18.2 Å². The fourth-order valence-electron chi connectivity index (χ4n) is 1.83. The molecular formula is C12H23N3. The van der Waals surface area contributed by atoms with Crippen molar-refractivity contribution in [1.82, 2.24) is 9.55 Å². The van der Waals surface area contributed by atoms with Gasteiger partial charge in [0.15, 0.2) is 0 Å². The van der Waals surface area contributed by atoms with E-state index in [1.807, 2.05) is 12.4 Å². The van der Waals surface area contributed by atoms with Crippen molar-refractivity contribution in [2.75, 3.05) is 0 Å². The highest BCUT2D eigenvalue weighted by molar-refractivity contribution is 5.01. The molecule has 15 heavy (non-hydrogen) atoms. The van der Waals surface area contributed by atoms with E-state index < -0.39 is 0 Å². The van der Waals surface area contributed by atoms with Crippen molar-refractivity contribution in [3.63, 3.8) is 0 Å². The van der Waals surface area contributed by atoms with Gasteiger partial charge >= 0.3 is 0 Å². The molecular weight excluding hydrogens is 186 g/mol. The number of aryl methyl sites for hydroxylation is 1. The van der Waals surface area contributed by atoms with Crippen LogP contribution in [0.4, 0.5) is 0 Å². The Labute approximate surface area is 92.7 Å². The van der Waals surface area contributed by atoms with Gasteiger partial charge in [-0.1, -0.05) is 20.8 Å². The van der Waals surface area contributed by atoms with E-state index in [4.69, 9.17) is 5.73 Å². The van der Waals surface area contributed by atoms with Crippen LogP contribution in [0.1, 0.15) is 39.9 Å². The summed E-state index contributed by atoms with van der Waals surface area (Å²) in [5, 5.41) is 0. The minimum absolute atomic E-state index is 0.127. The third-order valence-electron chi connectivity index (χ3n) is 3.44. The van der Waals surface area contributed by atoms with E-state index in [1.165, 1.54) is 0 Å². The first-order valence-electron chi connectivity index (χ1n) is 5.82. The van der Waals surface area contributed by atoms with Crippen LogP contribution in [-0.2, 0) is 13.0 Å². The molecule has 1 unspecified atom stereocenters. The monoisotopic (exact) mass is 209 g/mol. The molecule has 0 fully saturated rings. The molecule has 0 amide bonds. The van der Waals surface area contributed by atoms with E-state index >= 15 is 0 Å². The Hall–Kier alpha value is -0.830. The van der Waals surface area contributed by atoms with E-state index in [-0.39, 0.29) is 5.54 Å². The number of nitrogens with two attached hydrogens (primary N) is 1. The molecule has 0 radical (unpaired) electrons. The first kappa shape index (κ1) is 12.2. The molecule has 2 N–H and O–H groups in total. The molecule has 0 saturated carbocycles. The standard InChI is InChI=1S/C12H23N3/c1-5-12(13,10(3)4)9-11-14-7-8-15(11)6-2/h7-8,10H,5-6,9,13H2,1-4H3. The molecule has 3 heteroatoms. The molecule has 0 spiro atoms. The van der Waals surface area contributed by atoms with E-state index in [0.29, 0.717) is 5.92 Å². The minimum Gasteiger partial charge on any atom is -0.335 e. The highest BCUT2D eigenvalue weighted by Crippen LogP contribution is 2.22. The number of nitrogens with zero attached hydrogens (tertiary/aromatic N) is 2. The number of imidazole rings is 1. The lowest BCUT2D eigenvalue weighted by Crippen LogP contribution is -2.47. The third kappa shape index (κ3) is 2.59. The molecule has 0 bridgehead atoms. The van der Waals surface area contributed by atoms with Gasteiger partial charge in [0.2, 0.25) is 0 Å². The molecule has 0 aliphatic heterocycles. The Morgan fingerprint density at radius 1 is 1.47 bits per heavy atom. The third-order valence-corrected chi connectivity index (χ3v) is 3.44. The molecule has 86 valence electrons. The van der Waals surface area contributed by atoms with E-state index in [1.54, 1.807) is 0 Å². The second-order valence-electron chi connectivity index (χ2n) is 4.55. The average molecular weight is 209 g/mol. The predicted octanol–water partition coefficient (Wildman–Crippen LogP) is 2.21. The molecule has 0 saturated heterocycles. The minimum atomic E-state index is -0.127. The SMILES string of the molecule is CCn1ccnc1CC(N)(CC)C(C)C. The van der Waals surface area contributed by atoms with Gasteiger partial charge in [-0.05, 0) is 19.3 Å². The summed E-state index contributed by atoms with van der Waals surface area (Å²) >= 11 is 0. The summed E-state index contributed by atoms with van der Waals surface area (Å²) in [6.45, 7) is 9.61. The van der Waals surface area contributed by atoms with Gasteiger partial charge in [0, 0.05) is 30.9 Å². The maximum Gasteiger partial charge on any atom is 0.110 e. The maximum absolute atomic E-state index is 6.40. The highest BCUT2D eigenvalue weighted by Gasteiger charge is 2.28. The fourth-order valence-corrected chi connectivity index (χ4v) is 1.83. The Morgan fingerprint density at radius 3 is 2.60 bits per heavy atom. The maximum atomic E-state index is 6.40. The smallest absolute Gasteiger partial charge is 0.110 e. The van der Waals surface area contributed by atoms with E-state index in [0.717, 1.165) is 25.2 Å². The van der Waals surface area contributed by atoms with Gasteiger partial charge in [0.05, 0.1) is 0 Å². The van der Waals surface area contributed by atoms with Crippen LogP contribution in [0.15, 0.2) is 12.4 Å². The Bertz CT molecular complexity index is 304. The van der Waals surface area contributed by atoms with E-state index in [2.05, 4.69) is 37.2 Å². The lowest BCUT2D eigenvalue weighted by atomic mass is 9.82. The summed E-state index contributed by atoms with van der Waals surface area (Å²) in [6, 6.07) is 0. The van der Waals surface area contributed by atoms with Gasteiger partial charge in [-0.2, -0.15) is 0 Å². The number of rotatable bonds is 5. The number of hydrogen-bond acceptors (Lipinski definition) is 2. The molecule has 1 rings (SSSR count). The molecule has 3 nitrogen and oxygen atoms in total. The lowest BCUT2D eigenvalue weighted by Gasteiger charge is -2.32. The van der Waals surface area contributed by atoms with Crippen LogP contribution >= 0.6 is 0 Å². The average Bonchev–Trinajstić information content (AvgIpc) is 2.64. The normalized spacial score (nSPS) is 15.6. The molecule has 0 aliphatic carbocycles. The van der Waals surface area contributed by atoms with Crippen LogP contribution in [-0.4, -0.2) is 15.1 Å². The summed E-state index contributed by atoms with van der Waals surface area (Å²) in [6.07, 6.45) is 5.73. The Balaban J connectivity index is 2.83. The number of hydrogen-bond donors (Lipinski definition) is 1. The largest absolute Gasteiger partial charge is 0.335 e. The van der Waals surface area contributed by atoms with Gasteiger partial charge in [0.1, 0.15) is 5.82 Å². The van der Waals surface area contributed by atoms with Crippen LogP contribution in [0.2, 0.25) is 0 Å². The van der Waals surface area contributed by atoms with Gasteiger partial charge in [-0.15, -0.1) is 0 Å². The van der Waals surface area contributed by atoms with Gasteiger partial charge < -0.3 is 10.3 Å². The van der Waals surface area contributed by atoms with Crippen LogP contribution in [0.3, 0.4) is 0 Å².